The number of phenols is 1. The van der Waals surface area contributed by atoms with Crippen molar-refractivity contribution in [1.82, 2.24) is 0 Å². The van der Waals surface area contributed by atoms with E-state index >= 15 is 0 Å². The fourth-order valence-corrected chi connectivity index (χ4v) is 9.91. The molecule has 0 amide bonds. The topological polar surface area (TPSA) is 92.8 Å². The van der Waals surface area contributed by atoms with Crippen molar-refractivity contribution in [2.24, 2.45) is 0 Å². The number of methoxy groups -OCH3 is 2. The minimum atomic E-state index is 0.103. The van der Waals surface area contributed by atoms with Crippen molar-refractivity contribution in [2.45, 2.75) is 0 Å². The van der Waals surface area contributed by atoms with Crippen molar-refractivity contribution < 1.29 is 14.6 Å². The van der Waals surface area contributed by atoms with Gasteiger partial charge in [0.1, 0.15) is 35.0 Å². The van der Waals surface area contributed by atoms with E-state index in [9.17, 15) is 15.6 Å². The van der Waals surface area contributed by atoms with Gasteiger partial charge in [0.05, 0.1) is 24.0 Å². The number of fused-ring (bicyclic) bond motifs is 3. The highest BCUT2D eigenvalue weighted by molar-refractivity contribution is 7.26. The highest BCUT2D eigenvalue weighted by Gasteiger charge is 2.32. The molecule has 9 heteroatoms. The second-order valence-electron chi connectivity index (χ2n) is 13.7. The molecule has 0 bridgehead atoms. The fourth-order valence-electron chi connectivity index (χ4n) is 7.41. The first-order valence-electron chi connectivity index (χ1n) is 18.7. The zero-order valence-corrected chi connectivity index (χ0v) is 33.6. The van der Waals surface area contributed by atoms with Gasteiger partial charge >= 0.3 is 0 Å². The minimum absolute atomic E-state index is 0.103. The van der Waals surface area contributed by atoms with E-state index in [-0.39, 0.29) is 11.3 Å². The molecule has 0 spiro atoms. The number of benzene rings is 6. The van der Waals surface area contributed by atoms with E-state index in [2.05, 4.69) is 94.7 Å². The molecule has 7 nitrogen and oxygen atoms in total. The molecular formula is C50H34N4O3S2. The van der Waals surface area contributed by atoms with Gasteiger partial charge in [-0.2, -0.15) is 10.5 Å². The van der Waals surface area contributed by atoms with E-state index < -0.39 is 0 Å². The molecule has 8 aromatic rings. The number of ether oxygens (including phenoxy) is 2. The van der Waals surface area contributed by atoms with Crippen LogP contribution >= 0.6 is 22.7 Å². The van der Waals surface area contributed by atoms with Crippen LogP contribution in [0.15, 0.2) is 169 Å². The van der Waals surface area contributed by atoms with Crippen molar-refractivity contribution in [1.29, 1.82) is 10.5 Å². The third kappa shape index (κ3) is 6.96. The number of aromatic hydroxyl groups is 1. The van der Waals surface area contributed by atoms with E-state index in [0.29, 0.717) is 5.57 Å². The van der Waals surface area contributed by atoms with E-state index in [0.717, 1.165) is 87.4 Å². The van der Waals surface area contributed by atoms with Crippen LogP contribution < -0.4 is 19.3 Å². The van der Waals surface area contributed by atoms with Crippen molar-refractivity contribution in [3.63, 3.8) is 0 Å². The van der Waals surface area contributed by atoms with Crippen molar-refractivity contribution >= 4 is 62.4 Å². The Labute approximate surface area is 350 Å². The van der Waals surface area contributed by atoms with E-state index in [1.165, 1.54) is 0 Å². The quantitative estimate of drug-likeness (QED) is 0.138. The molecule has 0 fully saturated rings. The first-order chi connectivity index (χ1) is 29.0. The number of hydrogen-bond acceptors (Lipinski definition) is 9. The van der Waals surface area contributed by atoms with Crippen LogP contribution in [0.1, 0.15) is 11.1 Å². The predicted molar refractivity (Wildman–Crippen MR) is 240 cm³/mol. The highest BCUT2D eigenvalue weighted by Crippen LogP contribution is 2.56. The zero-order chi connectivity index (χ0) is 40.5. The summed E-state index contributed by atoms with van der Waals surface area (Å²) in [6.07, 6.45) is 0. The van der Waals surface area contributed by atoms with Gasteiger partial charge in [-0.1, -0.05) is 42.5 Å². The molecule has 284 valence electrons. The number of phenolic OH excluding ortho intramolecular Hbond substituents is 1. The molecule has 9 rings (SSSR count). The van der Waals surface area contributed by atoms with Crippen LogP contribution in [-0.2, 0) is 0 Å². The van der Waals surface area contributed by atoms with Crippen LogP contribution in [-0.4, -0.2) is 19.3 Å². The maximum Gasteiger partial charge on any atom is 0.138 e. The van der Waals surface area contributed by atoms with Gasteiger partial charge in [0.2, 0.25) is 0 Å². The first kappa shape index (κ1) is 37.0. The van der Waals surface area contributed by atoms with Crippen molar-refractivity contribution in [2.75, 3.05) is 24.0 Å². The fraction of sp³-hybridized carbons (Fsp3) is 0.0400. The molecule has 0 aliphatic heterocycles. The number of hydrogen-bond donors (Lipinski definition) is 1. The number of allylic oxidation sites excluding steroid dienone is 1. The lowest BCUT2D eigenvalue weighted by Crippen LogP contribution is -2.09. The maximum absolute atomic E-state index is 10.1. The molecule has 0 saturated heterocycles. The summed E-state index contributed by atoms with van der Waals surface area (Å²) in [5.74, 6) is 1.78. The number of nitrogens with zero attached hydrogens (tertiary/aromatic N) is 4. The van der Waals surface area contributed by atoms with Crippen LogP contribution in [0.5, 0.6) is 17.2 Å². The van der Waals surface area contributed by atoms with Crippen LogP contribution in [0.2, 0.25) is 0 Å². The molecule has 2 aromatic heterocycles. The standard InChI is InChI=1S/C50H34N4O3S2/c1-56-42-24-18-39(19-25-42)54(40-20-26-43(57-2)27-21-40)37-14-10-33(11-15-37)47-29-45-48(34(30-51)31-52)44-28-46(58-49(44)50(45)59-47)32-8-12-36(13-9-32)53(35-6-4-3-5-7-35)38-16-22-41(55)23-17-38/h3-29,55H,1-2H3. The zero-order valence-electron chi connectivity index (χ0n) is 32.0. The Morgan fingerprint density at radius 3 is 1.22 bits per heavy atom. The Hall–Kier alpha value is -7.56. The number of thiophene rings is 2. The van der Waals surface area contributed by atoms with Gasteiger partial charge in [0.15, 0.2) is 0 Å². The largest absolute Gasteiger partial charge is 0.508 e. The summed E-state index contributed by atoms with van der Waals surface area (Å²) in [6, 6.07) is 58.7. The minimum Gasteiger partial charge on any atom is -0.508 e. The SMILES string of the molecule is COc1ccc(N(c2ccc(OC)cc2)c2ccc(-c3cc4c(s3)-c3sc(-c5ccc(N(c6ccccc6)c6ccc(O)cc6)cc5)cc3C4=C(C#N)C#N)cc2)cc1. The second-order valence-corrected chi connectivity index (χ2v) is 15.8. The molecule has 2 heterocycles. The Morgan fingerprint density at radius 2 is 0.847 bits per heavy atom. The number of para-hydroxylation sites is 1. The lowest BCUT2D eigenvalue weighted by atomic mass is 9.99. The average molecular weight is 803 g/mol. The summed E-state index contributed by atoms with van der Waals surface area (Å²) < 4.78 is 10.9. The molecule has 0 atom stereocenters. The number of rotatable bonds is 10. The average Bonchev–Trinajstić information content (AvgIpc) is 3.99. The van der Waals surface area contributed by atoms with Gasteiger partial charge in [0, 0.05) is 60.6 Å². The molecule has 0 unspecified atom stereocenters. The highest BCUT2D eigenvalue weighted by atomic mass is 32.1. The van der Waals surface area contributed by atoms with Gasteiger partial charge in [-0.25, -0.2) is 0 Å². The molecule has 1 N–H and O–H groups in total. The molecule has 1 aliphatic rings. The molecule has 0 radical (unpaired) electrons. The van der Waals surface area contributed by atoms with Crippen LogP contribution in [0.25, 0.3) is 36.2 Å². The molecule has 6 aromatic carbocycles. The van der Waals surface area contributed by atoms with Crippen molar-refractivity contribution in [3.05, 3.63) is 180 Å². The Bertz CT molecular complexity index is 2840. The van der Waals surface area contributed by atoms with Crippen LogP contribution in [0.3, 0.4) is 0 Å². The summed E-state index contributed by atoms with van der Waals surface area (Å²) in [5.41, 5.74) is 10.5. The normalized spacial score (nSPS) is 11.2. The molecule has 1 aliphatic carbocycles. The number of nitriles is 2. The second kappa shape index (κ2) is 15.8. The smallest absolute Gasteiger partial charge is 0.138 e. The Kier molecular flexibility index (Phi) is 9.90. The van der Waals surface area contributed by atoms with Gasteiger partial charge in [0.25, 0.3) is 0 Å². The third-order valence-corrected chi connectivity index (χ3v) is 12.8. The first-order valence-corrected chi connectivity index (χ1v) is 20.4. The van der Waals surface area contributed by atoms with Gasteiger partial charge in [-0.3, -0.25) is 0 Å². The summed E-state index contributed by atoms with van der Waals surface area (Å²) in [6.45, 7) is 0. The monoisotopic (exact) mass is 802 g/mol. The van der Waals surface area contributed by atoms with Crippen LogP contribution in [0.4, 0.5) is 34.1 Å². The molecule has 59 heavy (non-hydrogen) atoms. The summed E-state index contributed by atoms with van der Waals surface area (Å²) in [5, 5.41) is 30.2. The lowest BCUT2D eigenvalue weighted by molar-refractivity contribution is 0.415. The van der Waals surface area contributed by atoms with Gasteiger partial charge < -0.3 is 24.4 Å². The molecular weight excluding hydrogens is 769 g/mol. The summed E-state index contributed by atoms with van der Waals surface area (Å²) >= 11 is 3.35. The van der Waals surface area contributed by atoms with Gasteiger partial charge in [-0.05, 0) is 132 Å². The summed E-state index contributed by atoms with van der Waals surface area (Å²) in [7, 11) is 3.32. The van der Waals surface area contributed by atoms with E-state index in [1.807, 2.05) is 78.9 Å². The Balaban J connectivity index is 1.05. The van der Waals surface area contributed by atoms with Gasteiger partial charge in [-0.15, -0.1) is 22.7 Å². The van der Waals surface area contributed by atoms with E-state index in [1.54, 1.807) is 49.0 Å². The lowest BCUT2D eigenvalue weighted by Gasteiger charge is -2.26. The Morgan fingerprint density at radius 1 is 0.492 bits per heavy atom. The predicted octanol–water partition coefficient (Wildman–Crippen LogP) is 13.6. The van der Waals surface area contributed by atoms with Crippen LogP contribution in [0, 0.1) is 22.7 Å². The van der Waals surface area contributed by atoms with Crippen molar-refractivity contribution in [3.8, 4) is 60.0 Å². The number of anilines is 6. The molecule has 0 saturated carbocycles. The summed E-state index contributed by atoms with van der Waals surface area (Å²) in [4.78, 5) is 8.55. The third-order valence-electron chi connectivity index (χ3n) is 10.3. The van der Waals surface area contributed by atoms with E-state index in [4.69, 9.17) is 9.47 Å². The maximum atomic E-state index is 10.1.